The summed E-state index contributed by atoms with van der Waals surface area (Å²) >= 11 is 0. The Kier molecular flexibility index (Phi) is 9.19. The topological polar surface area (TPSA) is 14.8 Å². The van der Waals surface area contributed by atoms with Crippen LogP contribution < -0.4 is 10.4 Å². The molecule has 0 spiro atoms. The summed E-state index contributed by atoms with van der Waals surface area (Å²) in [6.45, 7) is 5.13. The lowest BCUT2D eigenvalue weighted by molar-refractivity contribution is 1.18. The zero-order chi connectivity index (χ0) is 50.2. The highest BCUT2D eigenvalue weighted by Crippen LogP contribution is 2.43. The van der Waals surface area contributed by atoms with Crippen molar-refractivity contribution >= 4 is 94.6 Å². The van der Waals surface area contributed by atoms with Crippen molar-refractivity contribution in [2.24, 2.45) is 0 Å². The average Bonchev–Trinajstić information content (AvgIpc) is 4.21. The Labute approximate surface area is 441 Å². The molecule has 0 fully saturated rings. The van der Waals surface area contributed by atoms with Crippen LogP contribution in [0.1, 0.15) is 0 Å². The van der Waals surface area contributed by atoms with E-state index in [1.54, 1.807) is 0 Å². The molecule has 0 saturated carbocycles. The average molecular weight is 984 g/mol. The van der Waals surface area contributed by atoms with Crippen LogP contribution >= 0.6 is 0 Å². The number of benzene rings is 12. The normalized spacial score (nSPS) is 13.0. The van der Waals surface area contributed by atoms with Crippen molar-refractivity contribution in [3.8, 4) is 61.6 Å². The van der Waals surface area contributed by atoms with Gasteiger partial charge in [-0.25, -0.2) is 0 Å². The van der Waals surface area contributed by atoms with Crippen molar-refractivity contribution in [2.45, 2.75) is 13.1 Å². The quantitative estimate of drug-likeness (QED) is 0.148. The molecule has 0 amide bonds. The molecule has 1 aliphatic rings. The van der Waals surface area contributed by atoms with E-state index in [-0.39, 0.29) is 0 Å². The maximum Gasteiger partial charge on any atom is 0.113 e. The SMILES string of the molecule is C[Si]1(C)c2ccc(-c3cccc(-n4c5ccccc5c5ccccc54)c3)cc2-c2cc(-c3cccc(-n4c5ccccc5c5ccccc54)c3)cc3cc(-c4cccc(-n5c6ccccc6c6ccccc65)c4)cc1c23. The molecule has 1 aliphatic heterocycles. The van der Waals surface area contributed by atoms with E-state index >= 15 is 0 Å². The van der Waals surface area contributed by atoms with Gasteiger partial charge >= 0.3 is 0 Å². The lowest BCUT2D eigenvalue weighted by Gasteiger charge is -2.35. The molecule has 4 heterocycles. The van der Waals surface area contributed by atoms with Gasteiger partial charge in [0.15, 0.2) is 0 Å². The molecule has 16 rings (SSSR count). The predicted octanol–water partition coefficient (Wildman–Crippen LogP) is 17.9. The second-order valence-corrected chi connectivity index (χ2v) is 25.6. The van der Waals surface area contributed by atoms with Crippen molar-refractivity contribution in [1.29, 1.82) is 0 Å². The third-order valence-electron chi connectivity index (χ3n) is 16.8. The molecule has 12 aromatic carbocycles. The monoisotopic (exact) mass is 983 g/mol. The maximum atomic E-state index is 2.56. The van der Waals surface area contributed by atoms with Crippen molar-refractivity contribution in [3.05, 3.63) is 261 Å². The summed E-state index contributed by atoms with van der Waals surface area (Å²) < 4.78 is 7.29. The Morgan fingerprint density at radius 3 is 0.974 bits per heavy atom. The Hall–Kier alpha value is -9.48. The number of hydrogen-bond donors (Lipinski definition) is 0. The molecule has 0 atom stereocenters. The van der Waals surface area contributed by atoms with Crippen LogP contribution in [0, 0.1) is 0 Å². The highest BCUT2D eigenvalue weighted by Gasteiger charge is 2.36. The second kappa shape index (κ2) is 16.3. The molecule has 0 N–H and O–H groups in total. The third kappa shape index (κ3) is 6.28. The Balaban J connectivity index is 0.904. The number of aromatic nitrogens is 3. The Morgan fingerprint density at radius 2 is 0.579 bits per heavy atom. The van der Waals surface area contributed by atoms with Crippen LogP contribution in [0.5, 0.6) is 0 Å². The van der Waals surface area contributed by atoms with E-state index in [0.29, 0.717) is 0 Å². The lowest BCUT2D eigenvalue weighted by Crippen LogP contribution is -2.55. The van der Waals surface area contributed by atoms with Crippen LogP contribution in [-0.4, -0.2) is 21.8 Å². The fourth-order valence-electron chi connectivity index (χ4n) is 13.3. The summed E-state index contributed by atoms with van der Waals surface area (Å²) in [6, 6.07) is 97.7. The van der Waals surface area contributed by atoms with Crippen LogP contribution in [0.15, 0.2) is 261 Å². The smallest absolute Gasteiger partial charge is 0.113 e. The van der Waals surface area contributed by atoms with E-state index < -0.39 is 8.07 Å². The van der Waals surface area contributed by atoms with Crippen LogP contribution in [0.3, 0.4) is 0 Å². The third-order valence-corrected chi connectivity index (χ3v) is 20.3. The molecule has 0 unspecified atom stereocenters. The lowest BCUT2D eigenvalue weighted by atomic mass is 9.89. The summed E-state index contributed by atoms with van der Waals surface area (Å²) in [5.41, 5.74) is 20.7. The predicted molar refractivity (Wildman–Crippen MR) is 325 cm³/mol. The molecule has 3 nitrogen and oxygen atoms in total. The summed E-state index contributed by atoms with van der Waals surface area (Å²) in [5, 5.41) is 13.2. The zero-order valence-corrected chi connectivity index (χ0v) is 43.2. The summed E-state index contributed by atoms with van der Waals surface area (Å²) in [6.07, 6.45) is 0. The van der Waals surface area contributed by atoms with Gasteiger partial charge in [0.1, 0.15) is 8.07 Å². The van der Waals surface area contributed by atoms with Crippen LogP contribution in [-0.2, 0) is 0 Å². The van der Waals surface area contributed by atoms with Gasteiger partial charge in [-0.05, 0) is 163 Å². The van der Waals surface area contributed by atoms with Crippen molar-refractivity contribution in [1.82, 2.24) is 13.7 Å². The highest BCUT2D eigenvalue weighted by molar-refractivity contribution is 7.03. The van der Waals surface area contributed by atoms with E-state index in [2.05, 4.69) is 288 Å². The molecule has 76 heavy (non-hydrogen) atoms. The summed E-state index contributed by atoms with van der Waals surface area (Å²) in [4.78, 5) is 0. The highest BCUT2D eigenvalue weighted by atomic mass is 28.3. The number of para-hydroxylation sites is 6. The van der Waals surface area contributed by atoms with Gasteiger partial charge in [0, 0.05) is 49.4 Å². The van der Waals surface area contributed by atoms with Crippen LogP contribution in [0.25, 0.3) is 138 Å². The number of hydrogen-bond acceptors (Lipinski definition) is 0. The van der Waals surface area contributed by atoms with Crippen molar-refractivity contribution < 1.29 is 0 Å². The van der Waals surface area contributed by atoms with Gasteiger partial charge in [-0.3, -0.25) is 0 Å². The van der Waals surface area contributed by atoms with Crippen LogP contribution in [0.4, 0.5) is 0 Å². The van der Waals surface area contributed by atoms with Crippen molar-refractivity contribution in [3.63, 3.8) is 0 Å². The summed E-state index contributed by atoms with van der Waals surface area (Å²) in [7, 11) is -2.31. The summed E-state index contributed by atoms with van der Waals surface area (Å²) in [5.74, 6) is 0. The standard InChI is InChI=1S/C72H49N3Si/c1-76(2)70-37-36-49(46-18-15-21-53(40-46)73-64-30-9-3-24-56(64)57-25-4-10-31-65(57)73)43-62(70)63-44-50(47-19-16-22-54(41-47)74-66-32-11-5-26-58(66)59-27-6-12-33-67(59)74)38-52-39-51(45-71(76)72(52)63)48-20-17-23-55(42-48)75-68-34-13-7-28-60(68)61-29-8-14-35-69(61)75/h3-45H,1-2H3. The van der Waals surface area contributed by atoms with Gasteiger partial charge in [-0.2, -0.15) is 0 Å². The van der Waals surface area contributed by atoms with Gasteiger partial charge in [-0.15, -0.1) is 0 Å². The van der Waals surface area contributed by atoms with E-state index in [9.17, 15) is 0 Å². The van der Waals surface area contributed by atoms with E-state index in [0.717, 1.165) is 17.1 Å². The maximum absolute atomic E-state index is 2.56. The first-order chi connectivity index (χ1) is 37.4. The molecule has 0 bridgehead atoms. The molecule has 0 saturated heterocycles. The second-order valence-electron chi connectivity index (χ2n) is 21.3. The molecule has 15 aromatic rings. The van der Waals surface area contributed by atoms with Gasteiger partial charge in [0.25, 0.3) is 0 Å². The Morgan fingerprint density at radius 1 is 0.250 bits per heavy atom. The first-order valence-electron chi connectivity index (χ1n) is 26.5. The van der Waals surface area contributed by atoms with Gasteiger partial charge < -0.3 is 13.7 Å². The first kappa shape index (κ1) is 43.0. The van der Waals surface area contributed by atoms with Crippen molar-refractivity contribution in [2.75, 3.05) is 0 Å². The molecule has 4 heteroatoms. The first-order valence-corrected chi connectivity index (χ1v) is 29.5. The molecule has 0 aliphatic carbocycles. The molecule has 3 aromatic heterocycles. The molecular weight excluding hydrogens is 935 g/mol. The van der Waals surface area contributed by atoms with Gasteiger partial charge in [-0.1, -0.05) is 177 Å². The largest absolute Gasteiger partial charge is 0.309 e. The van der Waals surface area contributed by atoms with E-state index in [1.165, 1.54) is 131 Å². The van der Waals surface area contributed by atoms with E-state index in [1.807, 2.05) is 0 Å². The number of fused-ring (bicyclic) bond motifs is 11. The Bertz CT molecular complexity index is 4760. The zero-order valence-electron chi connectivity index (χ0n) is 42.2. The number of rotatable bonds is 6. The molecule has 0 radical (unpaired) electrons. The minimum atomic E-state index is -2.31. The minimum Gasteiger partial charge on any atom is -0.309 e. The fraction of sp³-hybridized carbons (Fsp3) is 0.0278. The number of nitrogens with zero attached hydrogens (tertiary/aromatic N) is 3. The van der Waals surface area contributed by atoms with E-state index in [4.69, 9.17) is 0 Å². The van der Waals surface area contributed by atoms with Gasteiger partial charge in [0.2, 0.25) is 0 Å². The van der Waals surface area contributed by atoms with Crippen LogP contribution in [0.2, 0.25) is 13.1 Å². The molecular formula is C72H49N3Si. The minimum absolute atomic E-state index is 1.15. The van der Waals surface area contributed by atoms with Gasteiger partial charge in [0.05, 0.1) is 33.1 Å². The molecule has 356 valence electrons. The fourth-order valence-corrected chi connectivity index (χ4v) is 16.4.